The summed E-state index contributed by atoms with van der Waals surface area (Å²) in [6.45, 7) is 0.324. The maximum absolute atomic E-state index is 14.6. The fraction of sp³-hybridized carbons (Fsp3) is 0.258. The summed E-state index contributed by atoms with van der Waals surface area (Å²) in [5.74, 6) is -2.78. The number of aliphatic hydroxyl groups is 1. The molecule has 0 aliphatic carbocycles. The Labute approximate surface area is 485 Å². The van der Waals surface area contributed by atoms with Crippen LogP contribution in [0.4, 0.5) is 0 Å². The zero-order valence-corrected chi connectivity index (χ0v) is 48.7. The van der Waals surface area contributed by atoms with Gasteiger partial charge in [-0.1, -0.05) is 164 Å². The van der Waals surface area contributed by atoms with Crippen LogP contribution in [0.1, 0.15) is 61.9 Å². The van der Waals surface area contributed by atoms with Crippen molar-refractivity contribution in [3.05, 3.63) is 226 Å². The number of rotatable bonds is 17. The van der Waals surface area contributed by atoms with Crippen molar-refractivity contribution in [2.45, 2.75) is 56.5 Å². The quantitative estimate of drug-likeness (QED) is 0.0784. The number of carbonyl (C=O) groups is 4. The van der Waals surface area contributed by atoms with Gasteiger partial charge in [0.15, 0.2) is 23.0 Å². The summed E-state index contributed by atoms with van der Waals surface area (Å²) in [4.78, 5) is 58.8. The number of hydrogen-bond acceptors (Lipinski definition) is 13. The highest BCUT2D eigenvalue weighted by Crippen LogP contribution is 2.42. The Balaban J connectivity index is 0.000000235. The van der Waals surface area contributed by atoms with Crippen molar-refractivity contribution in [1.29, 1.82) is 0 Å². The molecule has 4 N–H and O–H groups in total. The minimum atomic E-state index is -4.13. The van der Waals surface area contributed by atoms with Crippen LogP contribution in [0.2, 0.25) is 0 Å². The van der Waals surface area contributed by atoms with Crippen LogP contribution >= 0.6 is 0 Å². The lowest BCUT2D eigenvalue weighted by molar-refractivity contribution is -0.141. The van der Waals surface area contributed by atoms with Crippen LogP contribution in [0.5, 0.6) is 23.0 Å². The number of nitrogens with one attached hydrogen (secondary N) is 2. The molecule has 0 radical (unpaired) electrons. The Kier molecular flexibility index (Phi) is 20.9. The number of methoxy groups -OCH3 is 2. The van der Waals surface area contributed by atoms with E-state index >= 15 is 0 Å². The number of nitrogens with zero attached hydrogens (tertiary/aromatic N) is 4. The van der Waals surface area contributed by atoms with Gasteiger partial charge in [0, 0.05) is 72.4 Å². The van der Waals surface area contributed by atoms with E-state index in [0.29, 0.717) is 28.2 Å². The second kappa shape index (κ2) is 27.9. The van der Waals surface area contributed by atoms with E-state index in [2.05, 4.69) is 9.44 Å². The molecule has 2 aliphatic heterocycles. The van der Waals surface area contributed by atoms with Crippen molar-refractivity contribution >= 4 is 44.0 Å². The van der Waals surface area contributed by atoms with Gasteiger partial charge in [0.05, 0.1) is 26.1 Å². The molecular weight excluding hydrogens is 1100 g/mol. The highest BCUT2D eigenvalue weighted by Gasteiger charge is 2.43. The van der Waals surface area contributed by atoms with Crippen LogP contribution in [0, 0.1) is 0 Å². The summed E-state index contributed by atoms with van der Waals surface area (Å²) < 4.78 is 73.6. The first-order valence-corrected chi connectivity index (χ1v) is 29.2. The highest BCUT2D eigenvalue weighted by molar-refractivity contribution is 7.88. The molecule has 21 heteroatoms. The Morgan fingerprint density at radius 3 is 1.22 bits per heavy atom. The number of hydrogen-bond donors (Lipinski definition) is 4. The van der Waals surface area contributed by atoms with E-state index < -0.39 is 56.2 Å². The number of phenols is 1. The Hall–Kier alpha value is -8.60. The molecule has 7 aromatic carbocycles. The summed E-state index contributed by atoms with van der Waals surface area (Å²) in [5.41, 5.74) is 6.48. The molecule has 19 nitrogen and oxygen atoms in total. The number of aromatic hydroxyl groups is 1. The van der Waals surface area contributed by atoms with E-state index in [-0.39, 0.29) is 55.9 Å². The van der Waals surface area contributed by atoms with E-state index in [1.807, 2.05) is 158 Å². The lowest BCUT2D eigenvalue weighted by Crippen LogP contribution is -2.55. The molecule has 2 atom stereocenters. The zero-order valence-electron chi connectivity index (χ0n) is 47.1. The van der Waals surface area contributed by atoms with Gasteiger partial charge < -0.3 is 34.2 Å². The third kappa shape index (κ3) is 14.5. The first-order valence-electron chi connectivity index (χ1n) is 26.3. The average molecular weight is 1170 g/mol. The number of ether oxygens (including phenoxy) is 3. The molecule has 0 bridgehead atoms. The molecule has 0 spiro atoms. The van der Waals surface area contributed by atoms with Gasteiger partial charge >= 0.3 is 20.4 Å². The van der Waals surface area contributed by atoms with Crippen LogP contribution in [0.3, 0.4) is 0 Å². The topological polar surface area (TPSA) is 242 Å². The fourth-order valence-corrected chi connectivity index (χ4v) is 11.0. The Bertz CT molecular complexity index is 3500. The third-order valence-electron chi connectivity index (χ3n) is 14.2. The summed E-state index contributed by atoms with van der Waals surface area (Å²) >= 11 is 0. The minimum Gasteiger partial charge on any atom is -0.504 e. The molecule has 0 saturated carbocycles. The van der Waals surface area contributed by atoms with Gasteiger partial charge in [0.2, 0.25) is 11.8 Å². The van der Waals surface area contributed by atoms with Crippen molar-refractivity contribution in [3.8, 4) is 23.0 Å². The first kappa shape index (κ1) is 62.0. The van der Waals surface area contributed by atoms with Crippen molar-refractivity contribution in [2.24, 2.45) is 0 Å². The number of phenolic OH excluding ortho intramolecular Hbond substituents is 1. The molecule has 2 aliphatic rings. The van der Waals surface area contributed by atoms with Crippen LogP contribution in [0.15, 0.2) is 176 Å². The highest BCUT2D eigenvalue weighted by atomic mass is 32.2. The number of benzene rings is 7. The van der Waals surface area contributed by atoms with Gasteiger partial charge in [0.1, 0.15) is 18.7 Å². The van der Waals surface area contributed by atoms with Gasteiger partial charge in [-0.2, -0.15) is 25.4 Å². The van der Waals surface area contributed by atoms with Crippen molar-refractivity contribution in [2.75, 3.05) is 49.5 Å². The lowest BCUT2D eigenvalue weighted by Gasteiger charge is -2.39. The number of carbonyl (C=O) groups excluding carboxylic acids is 4. The number of amides is 4. The van der Waals surface area contributed by atoms with E-state index in [1.54, 1.807) is 18.2 Å². The van der Waals surface area contributed by atoms with Gasteiger partial charge in [-0.3, -0.25) is 19.2 Å². The minimum absolute atomic E-state index is 0.00197. The second-order valence-electron chi connectivity index (χ2n) is 19.7. The number of fused-ring (bicyclic) bond motifs is 2. The molecule has 0 aromatic heterocycles. The molecule has 9 rings (SSSR count). The summed E-state index contributed by atoms with van der Waals surface area (Å²) in [6.07, 6.45) is -0.0668. The maximum atomic E-state index is 14.6. The predicted molar refractivity (Wildman–Crippen MR) is 314 cm³/mol. The van der Waals surface area contributed by atoms with E-state index in [0.717, 1.165) is 49.1 Å². The maximum Gasteiger partial charge on any atom is 0.303 e. The van der Waals surface area contributed by atoms with E-state index in [4.69, 9.17) is 19.3 Å². The molecule has 0 unspecified atom stereocenters. The van der Waals surface area contributed by atoms with Crippen molar-refractivity contribution in [1.82, 2.24) is 27.9 Å². The molecule has 83 heavy (non-hydrogen) atoms. The van der Waals surface area contributed by atoms with Crippen LogP contribution in [-0.4, -0.2) is 131 Å². The molecule has 4 amide bonds. The van der Waals surface area contributed by atoms with Crippen LogP contribution in [0.25, 0.3) is 0 Å². The monoisotopic (exact) mass is 1170 g/mol. The Morgan fingerprint density at radius 2 is 0.855 bits per heavy atom. The molecule has 0 fully saturated rings. The predicted octanol–water partition coefficient (Wildman–Crippen LogP) is 6.30. The summed E-state index contributed by atoms with van der Waals surface area (Å²) in [7, 11) is 0.966. The van der Waals surface area contributed by atoms with E-state index in [9.17, 15) is 41.1 Å². The smallest absolute Gasteiger partial charge is 0.303 e. The fourth-order valence-electron chi connectivity index (χ4n) is 9.83. The first-order chi connectivity index (χ1) is 39.8. The van der Waals surface area contributed by atoms with E-state index in [1.165, 1.54) is 52.2 Å². The number of aliphatic hydroxyl groups excluding tert-OH is 1. The normalized spacial score (nSPS) is 14.7. The van der Waals surface area contributed by atoms with Crippen molar-refractivity contribution < 1.29 is 60.4 Å². The molecular formula is C62H68N6O13S2. The summed E-state index contributed by atoms with van der Waals surface area (Å²) in [6, 6.07) is 51.4. The van der Waals surface area contributed by atoms with Gasteiger partial charge in [-0.15, -0.1) is 0 Å². The SMILES string of the molecule is CO.COc1ccc2c(c1O)C[C@@H](C(=O)NS(=O)(=O)N(C)C)N(C(=O)C(c1ccccc1)c1ccccc1)C2.COc1ccc2c(c1OCc1ccccc1)C[C@@H](C(=O)NS(=O)(=O)N(C)C)N(C(=O)C(c1ccccc1)c1ccccc1)C2. The van der Waals surface area contributed by atoms with Crippen LogP contribution in [-0.2, 0) is 72.1 Å². The van der Waals surface area contributed by atoms with Crippen LogP contribution < -0.4 is 23.7 Å². The molecule has 436 valence electrons. The van der Waals surface area contributed by atoms with Gasteiger partial charge in [-0.05, 0) is 51.1 Å². The summed E-state index contributed by atoms with van der Waals surface area (Å²) in [5, 5.41) is 17.8. The standard InChI is InChI=1S/C34H35N3O6S.C27H29N3O6S.CH4O/c1-36(2)44(40,41)35-33(38)29-21-28-27(19-20-30(42-3)32(28)43-23-24-13-7-4-8-14-24)22-37(29)34(39)31(25-15-9-5-10-16-25)26-17-11-6-12-18-26;1-29(2)37(34,35)28-26(32)22-16-21-20(14-15-23(36-3)25(21)31)17-30(22)27(33)24(18-10-6-4-7-11-18)19-12-8-5-9-13-19;1-2/h4-20,29,31H,21-23H2,1-3H3,(H,35,38);4-15,22,24,31H,16-17H2,1-3H3,(H,28,32);2H,1H3/t29-;22-;/m00./s1. The third-order valence-corrected chi connectivity index (χ3v) is 17.0. The van der Waals surface area contributed by atoms with Crippen molar-refractivity contribution in [3.63, 3.8) is 0 Å². The molecule has 0 saturated heterocycles. The lowest BCUT2D eigenvalue weighted by atomic mass is 9.86. The second-order valence-corrected chi connectivity index (χ2v) is 23.4. The molecule has 7 aromatic rings. The largest absolute Gasteiger partial charge is 0.504 e. The average Bonchev–Trinajstić information content (AvgIpc) is 3.66. The van der Waals surface area contributed by atoms with Gasteiger partial charge in [0.25, 0.3) is 11.8 Å². The zero-order chi connectivity index (χ0) is 60.0. The Morgan fingerprint density at radius 1 is 0.518 bits per heavy atom. The van der Waals surface area contributed by atoms with Gasteiger partial charge in [-0.25, -0.2) is 9.44 Å². The molecule has 2 heterocycles.